The Hall–Kier alpha value is -2.29. The van der Waals surface area contributed by atoms with E-state index in [1.807, 2.05) is 6.07 Å². The first-order chi connectivity index (χ1) is 8.74. The van der Waals surface area contributed by atoms with Crippen LogP contribution in [0.5, 0.6) is 11.5 Å². The summed E-state index contributed by atoms with van der Waals surface area (Å²) < 4.78 is 10.2. The van der Waals surface area contributed by atoms with Crippen LogP contribution < -0.4 is 9.47 Å². The summed E-state index contributed by atoms with van der Waals surface area (Å²) in [5.41, 5.74) is 1.24. The Morgan fingerprint density at radius 1 is 0.833 bits per heavy atom. The van der Waals surface area contributed by atoms with Crippen molar-refractivity contribution in [1.29, 1.82) is 0 Å². The zero-order chi connectivity index (χ0) is 13.0. The minimum atomic E-state index is -0.0310. The van der Waals surface area contributed by atoms with Crippen molar-refractivity contribution in [2.75, 3.05) is 14.2 Å². The maximum atomic E-state index is 12.2. The number of carbonyl (C=O) groups is 1. The van der Waals surface area contributed by atoms with Gasteiger partial charge in [-0.1, -0.05) is 12.1 Å². The van der Waals surface area contributed by atoms with Crippen LogP contribution in [-0.2, 0) is 0 Å². The van der Waals surface area contributed by atoms with Crippen LogP contribution in [0, 0.1) is 0 Å². The van der Waals surface area contributed by atoms with E-state index < -0.39 is 0 Å². The van der Waals surface area contributed by atoms with Gasteiger partial charge >= 0.3 is 0 Å². The van der Waals surface area contributed by atoms with Crippen molar-refractivity contribution >= 4 is 5.78 Å². The zero-order valence-corrected chi connectivity index (χ0v) is 10.3. The minimum Gasteiger partial charge on any atom is -0.497 e. The third-order valence-corrected chi connectivity index (χ3v) is 2.68. The summed E-state index contributed by atoms with van der Waals surface area (Å²) in [4.78, 5) is 12.2. The Bertz CT molecular complexity index is 544. The number of hydrogen-bond donors (Lipinski definition) is 0. The molecule has 0 heterocycles. The van der Waals surface area contributed by atoms with E-state index >= 15 is 0 Å². The molecule has 0 aliphatic rings. The SMILES string of the molecule is COc1ccc(C(=O)c2cccc(OC)c2)cc1. The fourth-order valence-electron chi connectivity index (χ4n) is 1.67. The van der Waals surface area contributed by atoms with Gasteiger partial charge in [-0.05, 0) is 36.4 Å². The molecule has 0 fully saturated rings. The molecule has 0 saturated carbocycles. The summed E-state index contributed by atoms with van der Waals surface area (Å²) in [5.74, 6) is 1.38. The fraction of sp³-hybridized carbons (Fsp3) is 0.133. The van der Waals surface area contributed by atoms with E-state index in [0.717, 1.165) is 5.75 Å². The van der Waals surface area contributed by atoms with E-state index in [0.29, 0.717) is 16.9 Å². The van der Waals surface area contributed by atoms with Crippen LogP contribution in [0.2, 0.25) is 0 Å². The second kappa shape index (κ2) is 5.36. The summed E-state index contributed by atoms with van der Waals surface area (Å²) in [5, 5.41) is 0. The molecule has 0 amide bonds. The summed E-state index contributed by atoms with van der Waals surface area (Å²) in [7, 11) is 3.18. The lowest BCUT2D eigenvalue weighted by molar-refractivity contribution is 0.103. The molecule has 0 aliphatic heterocycles. The van der Waals surface area contributed by atoms with E-state index in [4.69, 9.17) is 9.47 Å². The summed E-state index contributed by atoms with van der Waals surface area (Å²) in [6.45, 7) is 0. The van der Waals surface area contributed by atoms with Crippen LogP contribution in [0.15, 0.2) is 48.5 Å². The molecule has 0 atom stereocenters. The molecule has 18 heavy (non-hydrogen) atoms. The number of ether oxygens (including phenoxy) is 2. The van der Waals surface area contributed by atoms with Crippen LogP contribution >= 0.6 is 0 Å². The average Bonchev–Trinajstić information content (AvgIpc) is 2.46. The second-order valence-corrected chi connectivity index (χ2v) is 3.79. The second-order valence-electron chi connectivity index (χ2n) is 3.79. The van der Waals surface area contributed by atoms with Gasteiger partial charge in [-0.2, -0.15) is 0 Å². The van der Waals surface area contributed by atoms with Gasteiger partial charge < -0.3 is 9.47 Å². The number of rotatable bonds is 4. The summed E-state index contributed by atoms with van der Waals surface area (Å²) in [6, 6.07) is 14.2. The number of methoxy groups -OCH3 is 2. The van der Waals surface area contributed by atoms with Crippen molar-refractivity contribution in [2.24, 2.45) is 0 Å². The quantitative estimate of drug-likeness (QED) is 0.773. The average molecular weight is 242 g/mol. The molecule has 0 bridgehead atoms. The van der Waals surface area contributed by atoms with Crippen LogP contribution in [0.3, 0.4) is 0 Å². The molecule has 2 rings (SSSR count). The topological polar surface area (TPSA) is 35.5 Å². The van der Waals surface area contributed by atoms with Gasteiger partial charge in [0.25, 0.3) is 0 Å². The van der Waals surface area contributed by atoms with Crippen molar-refractivity contribution in [1.82, 2.24) is 0 Å². The number of benzene rings is 2. The molecular weight excluding hydrogens is 228 g/mol. The predicted molar refractivity (Wildman–Crippen MR) is 69.4 cm³/mol. The van der Waals surface area contributed by atoms with E-state index in [9.17, 15) is 4.79 Å². The van der Waals surface area contributed by atoms with Crippen molar-refractivity contribution < 1.29 is 14.3 Å². The summed E-state index contributed by atoms with van der Waals surface area (Å²) in [6.07, 6.45) is 0. The highest BCUT2D eigenvalue weighted by Gasteiger charge is 2.09. The molecule has 3 heteroatoms. The third-order valence-electron chi connectivity index (χ3n) is 2.68. The number of carbonyl (C=O) groups excluding carboxylic acids is 1. The first kappa shape index (κ1) is 12.2. The van der Waals surface area contributed by atoms with Crippen LogP contribution in [-0.4, -0.2) is 20.0 Å². The lowest BCUT2D eigenvalue weighted by Crippen LogP contribution is -2.01. The van der Waals surface area contributed by atoms with Gasteiger partial charge in [0.15, 0.2) is 5.78 Å². The third kappa shape index (κ3) is 2.51. The van der Waals surface area contributed by atoms with E-state index in [1.165, 1.54) is 0 Å². The van der Waals surface area contributed by atoms with E-state index in [1.54, 1.807) is 56.7 Å². The van der Waals surface area contributed by atoms with Gasteiger partial charge in [-0.25, -0.2) is 0 Å². The summed E-state index contributed by atoms with van der Waals surface area (Å²) >= 11 is 0. The predicted octanol–water partition coefficient (Wildman–Crippen LogP) is 2.93. The lowest BCUT2D eigenvalue weighted by Gasteiger charge is -2.05. The molecule has 2 aromatic carbocycles. The molecule has 0 radical (unpaired) electrons. The first-order valence-electron chi connectivity index (χ1n) is 5.57. The highest BCUT2D eigenvalue weighted by Crippen LogP contribution is 2.18. The highest BCUT2D eigenvalue weighted by molar-refractivity contribution is 6.09. The molecule has 2 aromatic rings. The molecule has 3 nitrogen and oxygen atoms in total. The van der Waals surface area contributed by atoms with Gasteiger partial charge in [-0.3, -0.25) is 4.79 Å². The lowest BCUT2D eigenvalue weighted by atomic mass is 10.0. The zero-order valence-electron chi connectivity index (χ0n) is 10.3. The van der Waals surface area contributed by atoms with Crippen molar-refractivity contribution in [3.8, 4) is 11.5 Å². The molecule has 0 aromatic heterocycles. The Morgan fingerprint density at radius 2 is 1.50 bits per heavy atom. The normalized spacial score (nSPS) is 9.89. The van der Waals surface area contributed by atoms with Crippen LogP contribution in [0.25, 0.3) is 0 Å². The monoisotopic (exact) mass is 242 g/mol. The standard InChI is InChI=1S/C15H14O3/c1-17-13-8-6-11(7-9-13)15(16)12-4-3-5-14(10-12)18-2/h3-10H,1-2H3. The molecule has 0 unspecified atom stereocenters. The Labute approximate surface area is 106 Å². The van der Waals surface area contributed by atoms with Gasteiger partial charge in [0, 0.05) is 11.1 Å². The first-order valence-corrected chi connectivity index (χ1v) is 5.57. The molecule has 0 spiro atoms. The van der Waals surface area contributed by atoms with Gasteiger partial charge in [0.2, 0.25) is 0 Å². The van der Waals surface area contributed by atoms with Gasteiger partial charge in [0.05, 0.1) is 14.2 Å². The Kier molecular flexibility index (Phi) is 3.63. The van der Waals surface area contributed by atoms with E-state index in [2.05, 4.69) is 0 Å². The Balaban J connectivity index is 2.29. The van der Waals surface area contributed by atoms with E-state index in [-0.39, 0.29) is 5.78 Å². The van der Waals surface area contributed by atoms with Gasteiger partial charge in [-0.15, -0.1) is 0 Å². The molecule has 0 N–H and O–H groups in total. The van der Waals surface area contributed by atoms with Crippen molar-refractivity contribution in [3.63, 3.8) is 0 Å². The largest absolute Gasteiger partial charge is 0.497 e. The maximum absolute atomic E-state index is 12.2. The number of hydrogen-bond acceptors (Lipinski definition) is 3. The molecule has 92 valence electrons. The molecular formula is C15H14O3. The fourth-order valence-corrected chi connectivity index (χ4v) is 1.67. The smallest absolute Gasteiger partial charge is 0.193 e. The van der Waals surface area contributed by atoms with Crippen molar-refractivity contribution in [2.45, 2.75) is 0 Å². The maximum Gasteiger partial charge on any atom is 0.193 e. The molecule has 0 aliphatic carbocycles. The highest BCUT2D eigenvalue weighted by atomic mass is 16.5. The minimum absolute atomic E-state index is 0.0310. The van der Waals surface area contributed by atoms with Gasteiger partial charge in [0.1, 0.15) is 11.5 Å². The van der Waals surface area contributed by atoms with Crippen LogP contribution in [0.1, 0.15) is 15.9 Å². The Morgan fingerprint density at radius 3 is 2.11 bits per heavy atom. The molecule has 0 saturated heterocycles. The van der Waals surface area contributed by atoms with Crippen LogP contribution in [0.4, 0.5) is 0 Å². The number of ketones is 1. The van der Waals surface area contributed by atoms with Crippen molar-refractivity contribution in [3.05, 3.63) is 59.7 Å².